The molecule has 2 fully saturated rings. The number of fused-ring (bicyclic) bond motifs is 1. The maximum atomic E-state index is 4.63. The Bertz CT molecular complexity index is 469. The Morgan fingerprint density at radius 2 is 2.00 bits per heavy atom. The van der Waals surface area contributed by atoms with E-state index in [2.05, 4.69) is 51.6 Å². The second-order valence-corrected chi connectivity index (χ2v) is 6.69. The van der Waals surface area contributed by atoms with E-state index >= 15 is 0 Å². The second-order valence-electron chi connectivity index (χ2n) is 6.69. The van der Waals surface area contributed by atoms with E-state index in [0.29, 0.717) is 6.04 Å². The van der Waals surface area contributed by atoms with Crippen molar-refractivity contribution in [1.82, 2.24) is 24.5 Å². The Kier molecular flexibility index (Phi) is 4.62. The standard InChI is InChI=1S/C16H29N5/c1-4-5-21-11-15(14(2)17-21)10-19-7-9-20-8-6-18(3)12-16(20)13-19/h11,16H,4-10,12-13H2,1-3H3. The lowest BCUT2D eigenvalue weighted by molar-refractivity contribution is 0.0174. The first-order chi connectivity index (χ1) is 10.2. The highest BCUT2D eigenvalue weighted by atomic mass is 15.3. The molecule has 3 rings (SSSR count). The fraction of sp³-hybridized carbons (Fsp3) is 0.812. The molecular formula is C16H29N5. The molecule has 1 aromatic rings. The molecule has 0 saturated carbocycles. The van der Waals surface area contributed by atoms with Gasteiger partial charge in [0.25, 0.3) is 0 Å². The SMILES string of the molecule is CCCn1cc(CN2CCN3CCN(C)CC3C2)c(C)n1. The van der Waals surface area contributed by atoms with Gasteiger partial charge in [0.2, 0.25) is 0 Å². The van der Waals surface area contributed by atoms with Crippen LogP contribution in [-0.2, 0) is 13.1 Å². The highest BCUT2D eigenvalue weighted by molar-refractivity contribution is 5.15. The van der Waals surface area contributed by atoms with Crippen LogP contribution in [0.4, 0.5) is 0 Å². The van der Waals surface area contributed by atoms with Gasteiger partial charge >= 0.3 is 0 Å². The molecule has 3 heterocycles. The molecule has 1 atom stereocenters. The first-order valence-electron chi connectivity index (χ1n) is 8.33. The average molecular weight is 291 g/mol. The smallest absolute Gasteiger partial charge is 0.0638 e. The Labute approximate surface area is 128 Å². The predicted molar refractivity (Wildman–Crippen MR) is 85.4 cm³/mol. The molecular weight excluding hydrogens is 262 g/mol. The van der Waals surface area contributed by atoms with Crippen LogP contribution in [0.15, 0.2) is 6.20 Å². The summed E-state index contributed by atoms with van der Waals surface area (Å²) in [6.07, 6.45) is 3.39. The first kappa shape index (κ1) is 15.0. The maximum Gasteiger partial charge on any atom is 0.0638 e. The van der Waals surface area contributed by atoms with Crippen LogP contribution in [0.25, 0.3) is 0 Å². The lowest BCUT2D eigenvalue weighted by Gasteiger charge is -2.46. The third kappa shape index (κ3) is 3.47. The van der Waals surface area contributed by atoms with Gasteiger partial charge in [-0.2, -0.15) is 5.10 Å². The highest BCUT2D eigenvalue weighted by Gasteiger charge is 2.30. The molecule has 2 aliphatic heterocycles. The van der Waals surface area contributed by atoms with Gasteiger partial charge in [-0.05, 0) is 20.4 Å². The van der Waals surface area contributed by atoms with Crippen molar-refractivity contribution in [2.45, 2.75) is 39.4 Å². The molecule has 1 unspecified atom stereocenters. The molecule has 0 bridgehead atoms. The number of rotatable bonds is 4. The third-order valence-electron chi connectivity index (χ3n) is 4.87. The highest BCUT2D eigenvalue weighted by Crippen LogP contribution is 2.18. The molecule has 0 N–H and O–H groups in total. The second kappa shape index (κ2) is 6.46. The molecule has 2 saturated heterocycles. The molecule has 0 radical (unpaired) electrons. The Balaban J connectivity index is 1.60. The van der Waals surface area contributed by atoms with E-state index in [1.54, 1.807) is 0 Å². The van der Waals surface area contributed by atoms with E-state index in [1.165, 1.54) is 50.5 Å². The molecule has 0 spiro atoms. The number of likely N-dealkylation sites (N-methyl/N-ethyl adjacent to an activating group) is 1. The number of aromatic nitrogens is 2. The average Bonchev–Trinajstić information content (AvgIpc) is 2.79. The summed E-state index contributed by atoms with van der Waals surface area (Å²) in [5.74, 6) is 0. The van der Waals surface area contributed by atoms with Gasteiger partial charge in [-0.1, -0.05) is 6.92 Å². The van der Waals surface area contributed by atoms with Crippen LogP contribution in [0.2, 0.25) is 0 Å². The zero-order valence-corrected chi connectivity index (χ0v) is 13.8. The van der Waals surface area contributed by atoms with Crippen LogP contribution in [-0.4, -0.2) is 76.8 Å². The summed E-state index contributed by atoms with van der Waals surface area (Å²) in [5.41, 5.74) is 2.60. The fourth-order valence-corrected chi connectivity index (χ4v) is 3.62. The number of piperazine rings is 2. The topological polar surface area (TPSA) is 27.5 Å². The van der Waals surface area contributed by atoms with Crippen molar-refractivity contribution in [3.63, 3.8) is 0 Å². The largest absolute Gasteiger partial charge is 0.303 e. The molecule has 1 aromatic heterocycles. The zero-order chi connectivity index (χ0) is 14.8. The van der Waals surface area contributed by atoms with Gasteiger partial charge in [-0.15, -0.1) is 0 Å². The number of hydrogen-bond acceptors (Lipinski definition) is 4. The summed E-state index contributed by atoms with van der Waals surface area (Å²) in [7, 11) is 2.25. The van der Waals surface area contributed by atoms with Gasteiger partial charge in [-0.25, -0.2) is 0 Å². The van der Waals surface area contributed by atoms with Crippen LogP contribution in [0.5, 0.6) is 0 Å². The summed E-state index contributed by atoms with van der Waals surface area (Å²) >= 11 is 0. The van der Waals surface area contributed by atoms with Gasteiger partial charge in [0.15, 0.2) is 0 Å². The minimum absolute atomic E-state index is 0.712. The summed E-state index contributed by atoms with van der Waals surface area (Å²) in [5, 5.41) is 4.63. The van der Waals surface area contributed by atoms with Crippen molar-refractivity contribution in [2.24, 2.45) is 0 Å². The van der Waals surface area contributed by atoms with E-state index in [0.717, 1.165) is 19.5 Å². The van der Waals surface area contributed by atoms with Crippen LogP contribution >= 0.6 is 0 Å². The number of hydrogen-bond donors (Lipinski definition) is 0. The van der Waals surface area contributed by atoms with Crippen molar-refractivity contribution >= 4 is 0 Å². The minimum Gasteiger partial charge on any atom is -0.303 e. The van der Waals surface area contributed by atoms with E-state index in [1.807, 2.05) is 0 Å². The molecule has 0 amide bonds. The van der Waals surface area contributed by atoms with Gasteiger partial charge in [0, 0.05) is 70.2 Å². The monoisotopic (exact) mass is 291 g/mol. The summed E-state index contributed by atoms with van der Waals surface area (Å²) in [6.45, 7) is 13.7. The van der Waals surface area contributed by atoms with Crippen molar-refractivity contribution in [3.8, 4) is 0 Å². The Morgan fingerprint density at radius 1 is 1.19 bits per heavy atom. The van der Waals surface area contributed by atoms with Crippen LogP contribution in [0.3, 0.4) is 0 Å². The van der Waals surface area contributed by atoms with E-state index in [-0.39, 0.29) is 0 Å². The lowest BCUT2D eigenvalue weighted by Crippen LogP contribution is -2.61. The summed E-state index contributed by atoms with van der Waals surface area (Å²) in [4.78, 5) is 7.75. The number of aryl methyl sites for hydroxylation is 2. The molecule has 5 nitrogen and oxygen atoms in total. The Morgan fingerprint density at radius 3 is 2.81 bits per heavy atom. The van der Waals surface area contributed by atoms with E-state index in [9.17, 15) is 0 Å². The third-order valence-corrected chi connectivity index (χ3v) is 4.87. The van der Waals surface area contributed by atoms with Gasteiger partial charge in [-0.3, -0.25) is 14.5 Å². The summed E-state index contributed by atoms with van der Waals surface area (Å²) < 4.78 is 2.11. The van der Waals surface area contributed by atoms with Gasteiger partial charge in [0.05, 0.1) is 5.69 Å². The predicted octanol–water partition coefficient (Wildman–Crippen LogP) is 1.03. The molecule has 0 aromatic carbocycles. The van der Waals surface area contributed by atoms with Crippen molar-refractivity contribution in [3.05, 3.63) is 17.5 Å². The van der Waals surface area contributed by atoms with Gasteiger partial charge in [0.1, 0.15) is 0 Å². The summed E-state index contributed by atoms with van der Waals surface area (Å²) in [6, 6.07) is 0.712. The van der Waals surface area contributed by atoms with Crippen molar-refractivity contribution < 1.29 is 0 Å². The van der Waals surface area contributed by atoms with Crippen LogP contribution in [0.1, 0.15) is 24.6 Å². The van der Waals surface area contributed by atoms with Crippen molar-refractivity contribution in [1.29, 1.82) is 0 Å². The van der Waals surface area contributed by atoms with Gasteiger partial charge < -0.3 is 4.90 Å². The normalized spacial score (nSPS) is 25.2. The Hall–Kier alpha value is -0.910. The quantitative estimate of drug-likeness (QED) is 0.828. The van der Waals surface area contributed by atoms with E-state index in [4.69, 9.17) is 0 Å². The number of nitrogens with zero attached hydrogens (tertiary/aromatic N) is 5. The molecule has 21 heavy (non-hydrogen) atoms. The first-order valence-corrected chi connectivity index (χ1v) is 8.33. The molecule has 118 valence electrons. The molecule has 2 aliphatic rings. The van der Waals surface area contributed by atoms with Crippen molar-refractivity contribution in [2.75, 3.05) is 46.3 Å². The fourth-order valence-electron chi connectivity index (χ4n) is 3.62. The van der Waals surface area contributed by atoms with E-state index < -0.39 is 0 Å². The minimum atomic E-state index is 0.712. The maximum absolute atomic E-state index is 4.63. The zero-order valence-electron chi connectivity index (χ0n) is 13.8. The van der Waals surface area contributed by atoms with Crippen LogP contribution in [0, 0.1) is 6.92 Å². The molecule has 0 aliphatic carbocycles. The lowest BCUT2D eigenvalue weighted by atomic mass is 10.1. The molecule has 5 heteroatoms. The van der Waals surface area contributed by atoms with Crippen LogP contribution < -0.4 is 0 Å².